The van der Waals surface area contributed by atoms with Crippen molar-refractivity contribution in [2.24, 2.45) is 5.92 Å². The van der Waals surface area contributed by atoms with Gasteiger partial charge in [-0.1, -0.05) is 0 Å². The average molecular weight is 386 g/mol. The predicted molar refractivity (Wildman–Crippen MR) is 105 cm³/mol. The molecule has 1 amide bonds. The lowest BCUT2D eigenvalue weighted by molar-refractivity contribution is -0.122. The molecule has 3 N–H and O–H groups in total. The van der Waals surface area contributed by atoms with Crippen LogP contribution in [0.5, 0.6) is 0 Å². The minimum absolute atomic E-state index is 0.0734. The molecule has 1 atom stereocenters. The number of anilines is 2. The summed E-state index contributed by atoms with van der Waals surface area (Å²) in [6.45, 7) is 2.23. The second-order valence-corrected chi connectivity index (χ2v) is 7.65. The summed E-state index contributed by atoms with van der Waals surface area (Å²) in [5.74, 6) is 0.362. The second-order valence-electron chi connectivity index (χ2n) is 6.76. The maximum Gasteiger partial charge on any atom is 0.299 e. The molecule has 0 bridgehead atoms. The number of nitrogen functional groups attached to an aromatic ring is 1. The Balaban J connectivity index is 1.28. The molecule has 4 heterocycles. The molecule has 1 saturated heterocycles. The smallest absolute Gasteiger partial charge is 0.299 e. The lowest BCUT2D eigenvalue weighted by Gasteiger charge is -2.31. The normalized spacial score (nSPS) is 17.3. The maximum atomic E-state index is 12.3. The van der Waals surface area contributed by atoms with Crippen molar-refractivity contribution >= 4 is 39.6 Å². The SMILES string of the molecule is Nc1nc(CCNC(=O)CC2CCCN(c3nc4ncccc4o3)C2)cs1. The number of carbonyl (C=O) groups excluding carboxylic acids is 1. The Morgan fingerprint density at radius 2 is 2.37 bits per heavy atom. The number of nitrogens with two attached hydrogens (primary N) is 1. The summed E-state index contributed by atoms with van der Waals surface area (Å²) in [5.41, 5.74) is 7.85. The Bertz CT molecular complexity index is 890. The van der Waals surface area contributed by atoms with Crippen LogP contribution < -0.4 is 16.0 Å². The molecule has 142 valence electrons. The van der Waals surface area contributed by atoms with Crippen molar-refractivity contribution in [1.82, 2.24) is 20.3 Å². The number of oxazole rings is 1. The largest absolute Gasteiger partial charge is 0.422 e. The molecule has 0 aromatic carbocycles. The molecule has 1 fully saturated rings. The van der Waals surface area contributed by atoms with Crippen LogP contribution in [0.15, 0.2) is 28.1 Å². The van der Waals surface area contributed by atoms with Crippen molar-refractivity contribution in [2.45, 2.75) is 25.7 Å². The van der Waals surface area contributed by atoms with Crippen LogP contribution in [0.4, 0.5) is 11.1 Å². The molecular formula is C18H22N6O2S. The molecule has 0 radical (unpaired) electrons. The summed E-state index contributed by atoms with van der Waals surface area (Å²) >= 11 is 1.42. The van der Waals surface area contributed by atoms with E-state index in [2.05, 4.69) is 25.2 Å². The van der Waals surface area contributed by atoms with Crippen molar-refractivity contribution < 1.29 is 9.21 Å². The van der Waals surface area contributed by atoms with E-state index in [1.807, 2.05) is 17.5 Å². The summed E-state index contributed by atoms with van der Waals surface area (Å²) < 4.78 is 5.81. The summed E-state index contributed by atoms with van der Waals surface area (Å²) in [5, 5.41) is 5.47. The Hall–Kier alpha value is -2.68. The summed E-state index contributed by atoms with van der Waals surface area (Å²) in [7, 11) is 0. The first-order valence-corrected chi connectivity index (χ1v) is 9.98. The topological polar surface area (TPSA) is 110 Å². The van der Waals surface area contributed by atoms with E-state index in [0.717, 1.165) is 31.6 Å². The molecule has 1 aliphatic heterocycles. The number of piperidine rings is 1. The number of nitrogens with one attached hydrogen (secondary N) is 1. The van der Waals surface area contributed by atoms with E-state index in [-0.39, 0.29) is 11.8 Å². The minimum atomic E-state index is 0.0734. The molecule has 3 aromatic rings. The van der Waals surface area contributed by atoms with E-state index in [0.29, 0.717) is 41.8 Å². The highest BCUT2D eigenvalue weighted by Gasteiger charge is 2.25. The van der Waals surface area contributed by atoms with Gasteiger partial charge in [-0.2, -0.15) is 4.98 Å². The van der Waals surface area contributed by atoms with E-state index in [9.17, 15) is 4.79 Å². The molecule has 9 heteroatoms. The van der Waals surface area contributed by atoms with Gasteiger partial charge in [-0.3, -0.25) is 4.79 Å². The van der Waals surface area contributed by atoms with E-state index >= 15 is 0 Å². The van der Waals surface area contributed by atoms with E-state index in [1.165, 1.54) is 11.3 Å². The molecule has 4 rings (SSSR count). The summed E-state index contributed by atoms with van der Waals surface area (Å²) in [6.07, 6.45) is 4.96. The number of fused-ring (bicyclic) bond motifs is 1. The van der Waals surface area contributed by atoms with E-state index in [1.54, 1.807) is 6.20 Å². The predicted octanol–water partition coefficient (Wildman–Crippen LogP) is 2.23. The molecule has 3 aromatic heterocycles. The highest BCUT2D eigenvalue weighted by Crippen LogP contribution is 2.26. The standard InChI is InChI=1S/C18H22N6O2S/c19-17-22-13(11-27-17)5-7-20-15(25)9-12-3-2-8-24(10-12)18-23-16-14(26-18)4-1-6-21-16/h1,4,6,11-12H,2-3,5,7-10H2,(H2,19,22)(H,20,25). The zero-order valence-corrected chi connectivity index (χ0v) is 15.7. The Morgan fingerprint density at radius 3 is 3.19 bits per heavy atom. The van der Waals surface area contributed by atoms with E-state index < -0.39 is 0 Å². The molecule has 0 spiro atoms. The lowest BCUT2D eigenvalue weighted by Crippen LogP contribution is -2.38. The molecule has 0 saturated carbocycles. The van der Waals surface area contributed by atoms with Gasteiger partial charge in [0, 0.05) is 44.1 Å². The van der Waals surface area contributed by atoms with Crippen LogP contribution in [-0.2, 0) is 11.2 Å². The lowest BCUT2D eigenvalue weighted by atomic mass is 9.94. The van der Waals surface area contributed by atoms with Gasteiger partial charge < -0.3 is 20.4 Å². The fourth-order valence-electron chi connectivity index (χ4n) is 3.40. The van der Waals surface area contributed by atoms with Gasteiger partial charge in [0.1, 0.15) is 0 Å². The van der Waals surface area contributed by atoms with Crippen molar-refractivity contribution in [3.8, 4) is 0 Å². The molecule has 27 heavy (non-hydrogen) atoms. The van der Waals surface area contributed by atoms with Gasteiger partial charge >= 0.3 is 0 Å². The van der Waals surface area contributed by atoms with Gasteiger partial charge in [0.05, 0.1) is 5.69 Å². The van der Waals surface area contributed by atoms with Gasteiger partial charge in [0.2, 0.25) is 11.6 Å². The van der Waals surface area contributed by atoms with Crippen molar-refractivity contribution in [3.05, 3.63) is 29.4 Å². The number of nitrogens with zero attached hydrogens (tertiary/aromatic N) is 4. The quantitative estimate of drug-likeness (QED) is 0.668. The van der Waals surface area contributed by atoms with Crippen LogP contribution >= 0.6 is 11.3 Å². The number of pyridine rings is 1. The van der Waals surface area contributed by atoms with Crippen LogP contribution in [0.3, 0.4) is 0 Å². The fraction of sp³-hybridized carbons (Fsp3) is 0.444. The van der Waals surface area contributed by atoms with Crippen molar-refractivity contribution in [1.29, 1.82) is 0 Å². The molecule has 0 aliphatic carbocycles. The minimum Gasteiger partial charge on any atom is -0.422 e. The summed E-state index contributed by atoms with van der Waals surface area (Å²) in [6, 6.07) is 4.29. The van der Waals surface area contributed by atoms with Crippen LogP contribution in [-0.4, -0.2) is 40.5 Å². The van der Waals surface area contributed by atoms with Crippen molar-refractivity contribution in [3.63, 3.8) is 0 Å². The summed E-state index contributed by atoms with van der Waals surface area (Å²) in [4.78, 5) is 27.3. The molecule has 1 unspecified atom stereocenters. The third-order valence-corrected chi connectivity index (χ3v) is 5.41. The van der Waals surface area contributed by atoms with Crippen LogP contribution in [0, 0.1) is 5.92 Å². The first-order valence-electron chi connectivity index (χ1n) is 9.10. The third kappa shape index (κ3) is 4.36. The second kappa shape index (κ2) is 7.91. The number of amides is 1. The fourth-order valence-corrected chi connectivity index (χ4v) is 4.00. The van der Waals surface area contributed by atoms with Gasteiger partial charge in [-0.15, -0.1) is 11.3 Å². The first-order chi connectivity index (χ1) is 13.2. The monoisotopic (exact) mass is 386 g/mol. The highest BCUT2D eigenvalue weighted by molar-refractivity contribution is 7.13. The van der Waals surface area contributed by atoms with Crippen LogP contribution in [0.2, 0.25) is 0 Å². The number of thiazole rings is 1. The van der Waals surface area contributed by atoms with Crippen molar-refractivity contribution in [2.75, 3.05) is 30.3 Å². The number of carbonyl (C=O) groups is 1. The van der Waals surface area contributed by atoms with Gasteiger partial charge in [0.15, 0.2) is 10.7 Å². The number of rotatable bonds is 6. The number of hydrogen-bond acceptors (Lipinski definition) is 8. The Labute approximate surface area is 160 Å². The number of aromatic nitrogens is 3. The third-order valence-electron chi connectivity index (χ3n) is 4.69. The zero-order valence-electron chi connectivity index (χ0n) is 14.9. The van der Waals surface area contributed by atoms with Gasteiger partial charge in [0.25, 0.3) is 6.01 Å². The first kappa shape index (κ1) is 17.7. The molecule has 8 nitrogen and oxygen atoms in total. The Morgan fingerprint density at radius 1 is 1.44 bits per heavy atom. The zero-order chi connectivity index (χ0) is 18.6. The molecular weight excluding hydrogens is 364 g/mol. The highest BCUT2D eigenvalue weighted by atomic mass is 32.1. The van der Waals surface area contributed by atoms with Crippen LogP contribution in [0.1, 0.15) is 25.0 Å². The average Bonchev–Trinajstić information content (AvgIpc) is 3.28. The van der Waals surface area contributed by atoms with Gasteiger partial charge in [-0.25, -0.2) is 9.97 Å². The van der Waals surface area contributed by atoms with Crippen LogP contribution in [0.25, 0.3) is 11.2 Å². The Kier molecular flexibility index (Phi) is 5.19. The maximum absolute atomic E-state index is 12.3. The number of hydrogen-bond donors (Lipinski definition) is 2. The van der Waals surface area contributed by atoms with Gasteiger partial charge in [-0.05, 0) is 30.9 Å². The molecule has 1 aliphatic rings. The van der Waals surface area contributed by atoms with E-state index in [4.69, 9.17) is 10.2 Å².